The second kappa shape index (κ2) is 8.50. The van der Waals surface area contributed by atoms with E-state index >= 15 is 0 Å². The van der Waals surface area contributed by atoms with Crippen molar-refractivity contribution in [1.29, 1.82) is 0 Å². The van der Waals surface area contributed by atoms with Crippen molar-refractivity contribution in [3.63, 3.8) is 0 Å². The summed E-state index contributed by atoms with van der Waals surface area (Å²) in [5.41, 5.74) is 6.40. The molecule has 0 aliphatic rings. The Hall–Kier alpha value is -4.11. The minimum atomic E-state index is 0.195. The van der Waals surface area contributed by atoms with Crippen molar-refractivity contribution in [3.8, 4) is 11.5 Å². The van der Waals surface area contributed by atoms with Crippen molar-refractivity contribution >= 4 is 17.4 Å². The number of benzene rings is 4. The molecule has 0 aromatic heterocycles. The van der Waals surface area contributed by atoms with E-state index in [0.717, 1.165) is 39.7 Å². The maximum atomic E-state index is 11.1. The van der Waals surface area contributed by atoms with E-state index in [9.17, 15) is 15.0 Å². The van der Waals surface area contributed by atoms with Crippen molar-refractivity contribution < 1.29 is 15.0 Å². The molecule has 0 atom stereocenters. The number of carbonyl (C=O) groups is 1. The van der Waals surface area contributed by atoms with Crippen LogP contribution in [0.1, 0.15) is 32.6 Å². The summed E-state index contributed by atoms with van der Waals surface area (Å²) in [7, 11) is 0. The van der Waals surface area contributed by atoms with Gasteiger partial charge in [-0.3, -0.25) is 4.79 Å². The van der Waals surface area contributed by atoms with Crippen molar-refractivity contribution in [2.24, 2.45) is 0 Å². The first-order chi connectivity index (χ1) is 14.7. The van der Waals surface area contributed by atoms with Gasteiger partial charge in [0, 0.05) is 5.56 Å². The largest absolute Gasteiger partial charge is 0.508 e. The molecule has 0 radical (unpaired) electrons. The van der Waals surface area contributed by atoms with Crippen LogP contribution in [0.3, 0.4) is 0 Å². The number of hydrogen-bond acceptors (Lipinski definition) is 3. The van der Waals surface area contributed by atoms with Crippen LogP contribution in [0.4, 0.5) is 0 Å². The fourth-order valence-electron chi connectivity index (χ4n) is 3.50. The summed E-state index contributed by atoms with van der Waals surface area (Å²) in [5, 5.41) is 19.6. The van der Waals surface area contributed by atoms with Gasteiger partial charge >= 0.3 is 0 Å². The first kappa shape index (κ1) is 19.2. The molecule has 0 spiro atoms. The number of hydrogen-bond donors (Lipinski definition) is 2. The third-order valence-electron chi connectivity index (χ3n) is 4.96. The van der Waals surface area contributed by atoms with Gasteiger partial charge in [-0.05, 0) is 57.7 Å². The predicted molar refractivity (Wildman–Crippen MR) is 120 cm³/mol. The molecule has 4 aromatic rings. The highest BCUT2D eigenvalue weighted by Crippen LogP contribution is 2.37. The molecule has 0 bridgehead atoms. The van der Waals surface area contributed by atoms with Gasteiger partial charge in [-0.15, -0.1) is 0 Å². The van der Waals surface area contributed by atoms with E-state index in [1.807, 2.05) is 66.7 Å². The Morgan fingerprint density at radius 3 is 1.27 bits per heavy atom. The van der Waals surface area contributed by atoms with Crippen LogP contribution in [-0.2, 0) is 0 Å². The number of carbonyl (C=O) groups excluding carboxylic acids is 1. The van der Waals surface area contributed by atoms with Crippen LogP contribution in [0.2, 0.25) is 0 Å². The smallest absolute Gasteiger partial charge is 0.150 e. The zero-order chi connectivity index (χ0) is 20.9. The van der Waals surface area contributed by atoms with E-state index in [1.54, 1.807) is 36.4 Å². The number of phenols is 2. The van der Waals surface area contributed by atoms with Gasteiger partial charge in [0.2, 0.25) is 0 Å². The lowest BCUT2D eigenvalue weighted by atomic mass is 9.85. The fourth-order valence-corrected chi connectivity index (χ4v) is 3.50. The summed E-state index contributed by atoms with van der Waals surface area (Å²) < 4.78 is 0. The maximum absolute atomic E-state index is 11.1. The average Bonchev–Trinajstić information content (AvgIpc) is 2.80. The number of phenolic OH excluding ortho intramolecular Hbond substituents is 2. The monoisotopic (exact) mass is 392 g/mol. The van der Waals surface area contributed by atoms with Crippen LogP contribution >= 0.6 is 0 Å². The Morgan fingerprint density at radius 2 is 0.867 bits per heavy atom. The Bertz CT molecular complexity index is 1120. The molecule has 4 aromatic carbocycles. The van der Waals surface area contributed by atoms with Gasteiger partial charge in [0.15, 0.2) is 0 Å². The third kappa shape index (κ3) is 4.01. The van der Waals surface area contributed by atoms with Gasteiger partial charge in [-0.25, -0.2) is 0 Å². The quantitative estimate of drug-likeness (QED) is 0.327. The molecular formula is C27H20O3. The van der Waals surface area contributed by atoms with E-state index in [-0.39, 0.29) is 11.5 Å². The summed E-state index contributed by atoms with van der Waals surface area (Å²) in [6.07, 6.45) is 0.830. The fraction of sp³-hybridized carbons (Fsp3) is 0. The van der Waals surface area contributed by atoms with Crippen LogP contribution in [0.5, 0.6) is 11.5 Å². The Balaban J connectivity index is 2.07. The lowest BCUT2D eigenvalue weighted by molar-refractivity contribution is 0.112. The lowest BCUT2D eigenvalue weighted by Crippen LogP contribution is -1.97. The van der Waals surface area contributed by atoms with E-state index in [4.69, 9.17) is 0 Å². The SMILES string of the molecule is O=Cc1ccc(C(=C(c2ccc(O)cc2)c2ccc(O)cc2)c2ccccc2)cc1. The van der Waals surface area contributed by atoms with E-state index in [0.29, 0.717) is 5.56 Å². The molecule has 0 unspecified atom stereocenters. The zero-order valence-corrected chi connectivity index (χ0v) is 16.2. The summed E-state index contributed by atoms with van der Waals surface area (Å²) in [6.45, 7) is 0. The molecule has 3 heteroatoms. The summed E-state index contributed by atoms with van der Waals surface area (Å²) in [6, 6.07) is 31.7. The molecule has 0 saturated heterocycles. The highest BCUT2D eigenvalue weighted by molar-refractivity contribution is 6.04. The minimum absolute atomic E-state index is 0.195. The van der Waals surface area contributed by atoms with E-state index < -0.39 is 0 Å². The summed E-state index contributed by atoms with van der Waals surface area (Å²) in [5.74, 6) is 0.390. The molecule has 3 nitrogen and oxygen atoms in total. The summed E-state index contributed by atoms with van der Waals surface area (Å²) >= 11 is 0. The highest BCUT2D eigenvalue weighted by Gasteiger charge is 2.16. The van der Waals surface area contributed by atoms with E-state index in [2.05, 4.69) is 0 Å². The minimum Gasteiger partial charge on any atom is -0.508 e. The molecule has 30 heavy (non-hydrogen) atoms. The molecular weight excluding hydrogens is 372 g/mol. The molecule has 0 amide bonds. The van der Waals surface area contributed by atoms with Crippen molar-refractivity contribution in [1.82, 2.24) is 0 Å². The van der Waals surface area contributed by atoms with Crippen LogP contribution < -0.4 is 0 Å². The van der Waals surface area contributed by atoms with Gasteiger partial charge in [-0.2, -0.15) is 0 Å². The Labute approximate surface area is 175 Å². The summed E-state index contributed by atoms with van der Waals surface area (Å²) in [4.78, 5) is 11.1. The molecule has 0 fully saturated rings. The van der Waals surface area contributed by atoms with Crippen molar-refractivity contribution in [2.75, 3.05) is 0 Å². The van der Waals surface area contributed by atoms with Gasteiger partial charge in [-0.1, -0.05) is 78.9 Å². The number of aromatic hydroxyl groups is 2. The van der Waals surface area contributed by atoms with Gasteiger partial charge in [0.25, 0.3) is 0 Å². The molecule has 0 saturated carbocycles. The van der Waals surface area contributed by atoms with Crippen LogP contribution in [-0.4, -0.2) is 16.5 Å². The van der Waals surface area contributed by atoms with Gasteiger partial charge in [0.1, 0.15) is 17.8 Å². The van der Waals surface area contributed by atoms with Crippen LogP contribution in [0, 0.1) is 0 Å². The zero-order valence-electron chi connectivity index (χ0n) is 16.2. The normalized spacial score (nSPS) is 10.4. The molecule has 146 valence electrons. The van der Waals surface area contributed by atoms with Crippen LogP contribution in [0.25, 0.3) is 11.1 Å². The second-order valence-electron chi connectivity index (χ2n) is 6.95. The molecule has 4 rings (SSSR count). The van der Waals surface area contributed by atoms with Crippen molar-refractivity contribution in [2.45, 2.75) is 0 Å². The standard InChI is InChI=1S/C27H20O3/c28-18-19-6-8-21(9-7-19)26(20-4-2-1-3-5-20)27(22-10-14-24(29)15-11-22)23-12-16-25(30)17-13-23/h1-18,29-30H. The molecule has 0 aliphatic heterocycles. The lowest BCUT2D eigenvalue weighted by Gasteiger charge is -2.18. The predicted octanol–water partition coefficient (Wildman–Crippen LogP) is 5.92. The molecule has 0 aliphatic carbocycles. The maximum Gasteiger partial charge on any atom is 0.150 e. The first-order valence-electron chi connectivity index (χ1n) is 9.60. The number of rotatable bonds is 5. The Morgan fingerprint density at radius 1 is 0.500 bits per heavy atom. The highest BCUT2D eigenvalue weighted by atomic mass is 16.3. The number of aldehydes is 1. The molecule has 2 N–H and O–H groups in total. The third-order valence-corrected chi connectivity index (χ3v) is 4.96. The first-order valence-corrected chi connectivity index (χ1v) is 9.60. The van der Waals surface area contributed by atoms with E-state index in [1.165, 1.54) is 0 Å². The Kier molecular flexibility index (Phi) is 5.44. The van der Waals surface area contributed by atoms with Gasteiger partial charge in [0.05, 0.1) is 0 Å². The molecule has 0 heterocycles. The van der Waals surface area contributed by atoms with Crippen LogP contribution in [0.15, 0.2) is 103 Å². The van der Waals surface area contributed by atoms with Gasteiger partial charge < -0.3 is 10.2 Å². The average molecular weight is 392 g/mol. The second-order valence-corrected chi connectivity index (χ2v) is 6.95. The van der Waals surface area contributed by atoms with Crippen molar-refractivity contribution in [3.05, 3.63) is 131 Å². The topological polar surface area (TPSA) is 57.5 Å².